The van der Waals surface area contributed by atoms with Gasteiger partial charge in [-0.05, 0) is 24.7 Å². The molecule has 2 N–H and O–H groups in total. The molecule has 0 spiro atoms. The van der Waals surface area contributed by atoms with E-state index in [1.165, 1.54) is 0 Å². The number of nitriles is 1. The molecule has 0 saturated heterocycles. The summed E-state index contributed by atoms with van der Waals surface area (Å²) < 4.78 is 0. The molecule has 0 aliphatic heterocycles. The molecule has 3 nitrogen and oxygen atoms in total. The standard InChI is InChI=1S/C11H22N2O/c1-4-10(8-12)13-9-11(2,3)6-5-7-14/h10,13-14H,4-7,9H2,1-3H3. The lowest BCUT2D eigenvalue weighted by atomic mass is 9.87. The predicted octanol–water partition coefficient (Wildman–Crippen LogP) is 1.68. The largest absolute Gasteiger partial charge is 0.396 e. The van der Waals surface area contributed by atoms with Gasteiger partial charge in [0.15, 0.2) is 0 Å². The molecule has 0 fully saturated rings. The third-order valence-electron chi connectivity index (χ3n) is 2.40. The number of aliphatic hydroxyl groups is 1. The Hall–Kier alpha value is -0.590. The van der Waals surface area contributed by atoms with Crippen LogP contribution in [0.25, 0.3) is 0 Å². The van der Waals surface area contributed by atoms with Crippen molar-refractivity contribution >= 4 is 0 Å². The lowest BCUT2D eigenvalue weighted by molar-refractivity contribution is 0.234. The first-order valence-electron chi connectivity index (χ1n) is 5.29. The highest BCUT2D eigenvalue weighted by Gasteiger charge is 2.18. The van der Waals surface area contributed by atoms with Crippen LogP contribution in [0, 0.1) is 16.7 Å². The zero-order valence-electron chi connectivity index (χ0n) is 9.51. The molecule has 0 aliphatic carbocycles. The molecule has 0 amide bonds. The summed E-state index contributed by atoms with van der Waals surface area (Å²) in [6, 6.07) is 2.18. The molecule has 0 radical (unpaired) electrons. The second kappa shape index (κ2) is 6.80. The summed E-state index contributed by atoms with van der Waals surface area (Å²) in [5.41, 5.74) is 0.160. The number of hydrogen-bond donors (Lipinski definition) is 2. The van der Waals surface area contributed by atoms with E-state index >= 15 is 0 Å². The second-order valence-electron chi connectivity index (χ2n) is 4.46. The molecular weight excluding hydrogens is 176 g/mol. The lowest BCUT2D eigenvalue weighted by Gasteiger charge is -2.25. The summed E-state index contributed by atoms with van der Waals surface area (Å²) in [5.74, 6) is 0. The summed E-state index contributed by atoms with van der Waals surface area (Å²) in [6.07, 6.45) is 2.66. The van der Waals surface area contributed by atoms with Crippen molar-refractivity contribution < 1.29 is 5.11 Å². The Morgan fingerprint density at radius 3 is 2.57 bits per heavy atom. The molecule has 0 aliphatic rings. The van der Waals surface area contributed by atoms with Crippen molar-refractivity contribution in [1.29, 1.82) is 5.26 Å². The van der Waals surface area contributed by atoms with E-state index in [4.69, 9.17) is 10.4 Å². The van der Waals surface area contributed by atoms with E-state index < -0.39 is 0 Å². The average Bonchev–Trinajstić information content (AvgIpc) is 2.16. The van der Waals surface area contributed by atoms with Crippen LogP contribution in [-0.4, -0.2) is 24.3 Å². The van der Waals surface area contributed by atoms with Crippen LogP contribution in [0.2, 0.25) is 0 Å². The molecule has 14 heavy (non-hydrogen) atoms. The summed E-state index contributed by atoms with van der Waals surface area (Å²) in [7, 11) is 0. The van der Waals surface area contributed by atoms with Gasteiger partial charge < -0.3 is 10.4 Å². The first kappa shape index (κ1) is 13.4. The minimum atomic E-state index is -0.0385. The van der Waals surface area contributed by atoms with Gasteiger partial charge in [-0.15, -0.1) is 0 Å². The van der Waals surface area contributed by atoms with Gasteiger partial charge in [-0.1, -0.05) is 20.8 Å². The van der Waals surface area contributed by atoms with Crippen molar-refractivity contribution in [3.63, 3.8) is 0 Å². The van der Waals surface area contributed by atoms with Gasteiger partial charge in [0.2, 0.25) is 0 Å². The van der Waals surface area contributed by atoms with E-state index in [9.17, 15) is 0 Å². The van der Waals surface area contributed by atoms with Crippen molar-refractivity contribution in [1.82, 2.24) is 5.32 Å². The van der Waals surface area contributed by atoms with Crippen molar-refractivity contribution in [3.8, 4) is 6.07 Å². The van der Waals surface area contributed by atoms with Crippen LogP contribution < -0.4 is 5.32 Å². The fraction of sp³-hybridized carbons (Fsp3) is 0.909. The van der Waals surface area contributed by atoms with E-state index in [1.807, 2.05) is 6.92 Å². The van der Waals surface area contributed by atoms with Gasteiger partial charge in [0.25, 0.3) is 0 Å². The first-order chi connectivity index (χ1) is 6.55. The molecule has 0 saturated carbocycles. The minimum Gasteiger partial charge on any atom is -0.396 e. The van der Waals surface area contributed by atoms with Gasteiger partial charge in [0.1, 0.15) is 0 Å². The lowest BCUT2D eigenvalue weighted by Crippen LogP contribution is -2.36. The average molecular weight is 198 g/mol. The van der Waals surface area contributed by atoms with Gasteiger partial charge in [-0.25, -0.2) is 0 Å². The number of nitrogens with one attached hydrogen (secondary N) is 1. The molecular formula is C11H22N2O. The number of rotatable bonds is 7. The Bertz CT molecular complexity index is 184. The molecule has 0 rings (SSSR count). The zero-order chi connectivity index (χ0) is 11.0. The van der Waals surface area contributed by atoms with Crippen molar-refractivity contribution in [2.24, 2.45) is 5.41 Å². The highest BCUT2D eigenvalue weighted by Crippen LogP contribution is 2.20. The van der Waals surface area contributed by atoms with Gasteiger partial charge in [0.05, 0.1) is 12.1 Å². The molecule has 0 aromatic rings. The molecule has 3 heteroatoms. The minimum absolute atomic E-state index is 0.0385. The Morgan fingerprint density at radius 2 is 2.14 bits per heavy atom. The fourth-order valence-corrected chi connectivity index (χ4v) is 1.33. The Balaban J connectivity index is 3.80. The fourth-order valence-electron chi connectivity index (χ4n) is 1.33. The van der Waals surface area contributed by atoms with Crippen LogP contribution in [0.3, 0.4) is 0 Å². The molecule has 1 atom stereocenters. The van der Waals surface area contributed by atoms with E-state index in [2.05, 4.69) is 25.2 Å². The maximum absolute atomic E-state index is 8.75. The summed E-state index contributed by atoms with van der Waals surface area (Å²) in [6.45, 7) is 7.39. The normalized spacial score (nSPS) is 13.6. The van der Waals surface area contributed by atoms with E-state index in [1.54, 1.807) is 0 Å². The number of hydrogen-bond acceptors (Lipinski definition) is 3. The number of nitrogens with zero attached hydrogens (tertiary/aromatic N) is 1. The van der Waals surface area contributed by atoms with E-state index in [-0.39, 0.29) is 18.1 Å². The SMILES string of the molecule is CCC(C#N)NCC(C)(C)CCCO. The summed E-state index contributed by atoms with van der Waals surface area (Å²) in [5, 5.41) is 20.7. The first-order valence-corrected chi connectivity index (χ1v) is 5.29. The molecule has 0 aromatic heterocycles. The van der Waals surface area contributed by atoms with E-state index in [0.717, 1.165) is 25.8 Å². The molecule has 0 bridgehead atoms. The van der Waals surface area contributed by atoms with Crippen molar-refractivity contribution in [2.75, 3.05) is 13.2 Å². The smallest absolute Gasteiger partial charge is 0.0950 e. The van der Waals surface area contributed by atoms with Crippen molar-refractivity contribution in [2.45, 2.75) is 46.1 Å². The van der Waals surface area contributed by atoms with Gasteiger partial charge >= 0.3 is 0 Å². The van der Waals surface area contributed by atoms with Gasteiger partial charge in [0, 0.05) is 13.2 Å². The highest BCUT2D eigenvalue weighted by atomic mass is 16.2. The third kappa shape index (κ3) is 5.95. The van der Waals surface area contributed by atoms with Crippen LogP contribution in [0.15, 0.2) is 0 Å². The van der Waals surface area contributed by atoms with Gasteiger partial charge in [-0.2, -0.15) is 5.26 Å². The maximum atomic E-state index is 8.75. The van der Waals surface area contributed by atoms with Gasteiger partial charge in [-0.3, -0.25) is 0 Å². The second-order valence-corrected chi connectivity index (χ2v) is 4.46. The van der Waals surface area contributed by atoms with Crippen LogP contribution in [0.4, 0.5) is 0 Å². The summed E-state index contributed by atoms with van der Waals surface area (Å²) in [4.78, 5) is 0. The topological polar surface area (TPSA) is 56.0 Å². The van der Waals surface area contributed by atoms with Crippen LogP contribution in [0.1, 0.15) is 40.0 Å². The Morgan fingerprint density at radius 1 is 1.50 bits per heavy atom. The van der Waals surface area contributed by atoms with Crippen molar-refractivity contribution in [3.05, 3.63) is 0 Å². The predicted molar refractivity (Wildman–Crippen MR) is 57.8 cm³/mol. The monoisotopic (exact) mass is 198 g/mol. The maximum Gasteiger partial charge on any atom is 0.0950 e. The third-order valence-corrected chi connectivity index (χ3v) is 2.40. The van der Waals surface area contributed by atoms with Crippen LogP contribution >= 0.6 is 0 Å². The zero-order valence-corrected chi connectivity index (χ0v) is 9.51. The Labute approximate surface area is 87.1 Å². The van der Waals surface area contributed by atoms with Crippen LogP contribution in [-0.2, 0) is 0 Å². The van der Waals surface area contributed by atoms with E-state index in [0.29, 0.717) is 0 Å². The molecule has 82 valence electrons. The molecule has 0 heterocycles. The number of aliphatic hydroxyl groups excluding tert-OH is 1. The highest BCUT2D eigenvalue weighted by molar-refractivity contribution is 4.89. The Kier molecular flexibility index (Phi) is 6.52. The molecule has 1 unspecified atom stereocenters. The summed E-state index contributed by atoms with van der Waals surface area (Å²) >= 11 is 0. The van der Waals surface area contributed by atoms with Crippen LogP contribution in [0.5, 0.6) is 0 Å². The quantitative estimate of drug-likeness (QED) is 0.654. The molecule has 0 aromatic carbocycles.